The first-order valence-electron chi connectivity index (χ1n) is 10.7. The van der Waals surface area contributed by atoms with Crippen LogP contribution in [-0.2, 0) is 9.59 Å². The van der Waals surface area contributed by atoms with Crippen molar-refractivity contribution in [1.29, 1.82) is 0 Å². The van der Waals surface area contributed by atoms with Gasteiger partial charge < -0.3 is 10.2 Å². The van der Waals surface area contributed by atoms with Crippen LogP contribution >= 0.6 is 11.6 Å². The van der Waals surface area contributed by atoms with Gasteiger partial charge in [0, 0.05) is 24.0 Å². The van der Waals surface area contributed by atoms with Crippen molar-refractivity contribution in [2.24, 2.45) is 11.3 Å². The van der Waals surface area contributed by atoms with Crippen LogP contribution in [0.3, 0.4) is 0 Å². The highest BCUT2D eigenvalue weighted by molar-refractivity contribution is 6.30. The number of halogens is 1. The molecule has 1 saturated heterocycles. The van der Waals surface area contributed by atoms with E-state index >= 15 is 0 Å². The van der Waals surface area contributed by atoms with Crippen molar-refractivity contribution >= 4 is 23.4 Å². The molecule has 2 amide bonds. The molecule has 1 unspecified atom stereocenters. The fraction of sp³-hybridized carbons (Fsp3) is 0.652. The smallest absolute Gasteiger partial charge is 0.245 e. The van der Waals surface area contributed by atoms with Crippen LogP contribution in [-0.4, -0.2) is 35.8 Å². The Balaban J connectivity index is 1.64. The van der Waals surface area contributed by atoms with Gasteiger partial charge in [0.25, 0.3) is 0 Å². The van der Waals surface area contributed by atoms with Crippen molar-refractivity contribution in [3.8, 4) is 0 Å². The third kappa shape index (κ3) is 4.71. The van der Waals surface area contributed by atoms with Gasteiger partial charge in [-0.3, -0.25) is 9.59 Å². The number of hydrogen-bond donors (Lipinski definition) is 1. The number of likely N-dealkylation sites (tertiary alicyclic amines) is 1. The summed E-state index contributed by atoms with van der Waals surface area (Å²) < 4.78 is 0. The molecule has 1 aromatic carbocycles. The molecule has 2 fully saturated rings. The molecule has 1 N–H and O–H groups in total. The number of benzene rings is 1. The van der Waals surface area contributed by atoms with E-state index in [1.807, 2.05) is 24.0 Å². The van der Waals surface area contributed by atoms with Crippen molar-refractivity contribution in [3.05, 3.63) is 34.9 Å². The molecule has 0 spiro atoms. The normalized spacial score (nSPS) is 23.4. The highest BCUT2D eigenvalue weighted by Crippen LogP contribution is 2.42. The van der Waals surface area contributed by atoms with Crippen molar-refractivity contribution < 1.29 is 9.59 Å². The Morgan fingerprint density at radius 2 is 1.82 bits per heavy atom. The second-order valence-electron chi connectivity index (χ2n) is 9.09. The fourth-order valence-electron chi connectivity index (χ4n) is 4.89. The van der Waals surface area contributed by atoms with Gasteiger partial charge in [0.2, 0.25) is 11.8 Å². The lowest BCUT2D eigenvalue weighted by Crippen LogP contribution is -2.54. The third-order valence-corrected chi connectivity index (χ3v) is 6.81. The zero-order chi connectivity index (χ0) is 20.3. The molecule has 1 aromatic rings. The van der Waals surface area contributed by atoms with Crippen LogP contribution in [0.1, 0.15) is 70.8 Å². The standard InChI is InChI=1S/C23H33ClN2O2/c1-4-20(25-21(27)17-7-5-6-8-17)22(28)26-14-13-19(23(2,3)15-26)16-9-11-18(24)12-10-16/h9-12,17,19-20H,4-8,13-15H2,1-3H3,(H,25,27)/t19?,20-/m1/s1. The molecular weight excluding hydrogens is 372 g/mol. The maximum Gasteiger partial charge on any atom is 0.245 e. The van der Waals surface area contributed by atoms with Crippen molar-refractivity contribution in [2.75, 3.05) is 13.1 Å². The Kier molecular flexibility index (Phi) is 6.69. The van der Waals surface area contributed by atoms with Crippen LogP contribution in [0, 0.1) is 11.3 Å². The lowest BCUT2D eigenvalue weighted by molar-refractivity contribution is -0.140. The van der Waals surface area contributed by atoms with Gasteiger partial charge in [0.15, 0.2) is 0 Å². The average Bonchev–Trinajstić information content (AvgIpc) is 3.20. The summed E-state index contributed by atoms with van der Waals surface area (Å²) >= 11 is 6.04. The Morgan fingerprint density at radius 1 is 1.18 bits per heavy atom. The predicted molar refractivity (Wildman–Crippen MR) is 113 cm³/mol. The molecule has 4 nitrogen and oxygen atoms in total. The summed E-state index contributed by atoms with van der Waals surface area (Å²) in [5, 5.41) is 3.79. The monoisotopic (exact) mass is 404 g/mol. The first-order chi connectivity index (χ1) is 13.3. The molecule has 1 heterocycles. The van der Waals surface area contributed by atoms with Crippen molar-refractivity contribution in [1.82, 2.24) is 10.2 Å². The van der Waals surface area contributed by atoms with E-state index in [1.165, 1.54) is 5.56 Å². The van der Waals surface area contributed by atoms with Gasteiger partial charge in [-0.15, -0.1) is 0 Å². The summed E-state index contributed by atoms with van der Waals surface area (Å²) in [4.78, 5) is 27.6. The van der Waals surface area contributed by atoms with E-state index in [1.54, 1.807) is 0 Å². The van der Waals surface area contributed by atoms with Crippen LogP contribution in [0.2, 0.25) is 5.02 Å². The van der Waals surface area contributed by atoms with Crippen LogP contribution in [0.15, 0.2) is 24.3 Å². The van der Waals surface area contributed by atoms with Gasteiger partial charge in [0.1, 0.15) is 6.04 Å². The van der Waals surface area contributed by atoms with Crippen molar-refractivity contribution in [2.45, 2.75) is 71.3 Å². The third-order valence-electron chi connectivity index (χ3n) is 6.56. The number of hydrogen-bond acceptors (Lipinski definition) is 2. The molecule has 154 valence electrons. The quantitative estimate of drug-likeness (QED) is 0.768. The number of carbonyl (C=O) groups is 2. The number of piperidine rings is 1. The molecule has 2 atom stereocenters. The van der Waals surface area contributed by atoms with E-state index < -0.39 is 6.04 Å². The fourth-order valence-corrected chi connectivity index (χ4v) is 5.02. The average molecular weight is 405 g/mol. The van der Waals surface area contributed by atoms with Gasteiger partial charge in [-0.25, -0.2) is 0 Å². The zero-order valence-corrected chi connectivity index (χ0v) is 18.1. The molecule has 5 heteroatoms. The van der Waals surface area contributed by atoms with E-state index in [0.717, 1.165) is 43.7 Å². The van der Waals surface area contributed by atoms with Crippen LogP contribution in [0.4, 0.5) is 0 Å². The minimum Gasteiger partial charge on any atom is -0.344 e. The van der Waals surface area contributed by atoms with Crippen molar-refractivity contribution in [3.63, 3.8) is 0 Å². The molecular formula is C23H33ClN2O2. The van der Waals surface area contributed by atoms with E-state index in [-0.39, 0.29) is 23.1 Å². The summed E-state index contributed by atoms with van der Waals surface area (Å²) in [6.45, 7) is 7.86. The first-order valence-corrected chi connectivity index (χ1v) is 11.0. The summed E-state index contributed by atoms with van der Waals surface area (Å²) in [6, 6.07) is 7.67. The Labute approximate surface area is 174 Å². The molecule has 0 aromatic heterocycles. The first kappa shape index (κ1) is 21.2. The Bertz CT molecular complexity index is 695. The molecule has 28 heavy (non-hydrogen) atoms. The van der Waals surface area contributed by atoms with Gasteiger partial charge in [-0.05, 0) is 54.7 Å². The van der Waals surface area contributed by atoms with E-state index in [4.69, 9.17) is 11.6 Å². The minimum atomic E-state index is -0.406. The van der Waals surface area contributed by atoms with Crippen LogP contribution < -0.4 is 5.32 Å². The molecule has 2 aliphatic rings. The lowest BCUT2D eigenvalue weighted by Gasteiger charge is -2.45. The Hall–Kier alpha value is -1.55. The number of rotatable bonds is 5. The molecule has 1 aliphatic carbocycles. The molecule has 0 radical (unpaired) electrons. The van der Waals surface area contributed by atoms with Crippen LogP contribution in [0.5, 0.6) is 0 Å². The number of nitrogens with one attached hydrogen (secondary N) is 1. The second-order valence-corrected chi connectivity index (χ2v) is 9.53. The summed E-state index contributed by atoms with van der Waals surface area (Å²) in [7, 11) is 0. The number of carbonyl (C=O) groups excluding carboxylic acids is 2. The van der Waals surface area contributed by atoms with E-state index in [9.17, 15) is 9.59 Å². The minimum absolute atomic E-state index is 0.0322. The molecule has 0 bridgehead atoms. The number of amides is 2. The second kappa shape index (κ2) is 8.86. The van der Waals surface area contributed by atoms with Gasteiger partial charge in [-0.2, -0.15) is 0 Å². The SMILES string of the molecule is CC[C@@H](NC(=O)C1CCCC1)C(=O)N1CCC(c2ccc(Cl)cc2)C(C)(C)C1. The molecule has 1 saturated carbocycles. The Morgan fingerprint density at radius 3 is 2.39 bits per heavy atom. The zero-order valence-electron chi connectivity index (χ0n) is 17.3. The van der Waals surface area contributed by atoms with Gasteiger partial charge in [0.05, 0.1) is 0 Å². The highest BCUT2D eigenvalue weighted by Gasteiger charge is 2.40. The maximum atomic E-state index is 13.1. The highest BCUT2D eigenvalue weighted by atomic mass is 35.5. The predicted octanol–water partition coefficient (Wildman–Crippen LogP) is 4.77. The van der Waals surface area contributed by atoms with Crippen LogP contribution in [0.25, 0.3) is 0 Å². The summed E-state index contributed by atoms with van der Waals surface area (Å²) in [5.74, 6) is 0.611. The molecule has 3 rings (SSSR count). The maximum absolute atomic E-state index is 13.1. The lowest BCUT2D eigenvalue weighted by atomic mass is 9.70. The van der Waals surface area contributed by atoms with Gasteiger partial charge >= 0.3 is 0 Å². The largest absolute Gasteiger partial charge is 0.344 e. The summed E-state index contributed by atoms with van der Waals surface area (Å²) in [6.07, 6.45) is 5.71. The van der Waals surface area contributed by atoms with Gasteiger partial charge in [-0.1, -0.05) is 57.3 Å². The van der Waals surface area contributed by atoms with E-state index in [2.05, 4.69) is 31.3 Å². The summed E-state index contributed by atoms with van der Waals surface area (Å²) in [5.41, 5.74) is 1.25. The molecule has 1 aliphatic heterocycles. The topological polar surface area (TPSA) is 49.4 Å². The van der Waals surface area contributed by atoms with E-state index in [0.29, 0.717) is 18.9 Å². The number of nitrogens with zero attached hydrogens (tertiary/aromatic N) is 1.